The lowest BCUT2D eigenvalue weighted by Gasteiger charge is -2.15. The van der Waals surface area contributed by atoms with Crippen molar-refractivity contribution < 1.29 is 33.3 Å². The third-order valence-corrected chi connectivity index (χ3v) is 7.03. The van der Waals surface area contributed by atoms with E-state index in [1.54, 1.807) is 12.1 Å². The van der Waals surface area contributed by atoms with E-state index in [1.807, 2.05) is 36.4 Å². The highest BCUT2D eigenvalue weighted by Gasteiger charge is 2.30. The van der Waals surface area contributed by atoms with E-state index in [2.05, 4.69) is 9.79 Å². The molecule has 0 atom stereocenters. The Bertz CT molecular complexity index is 1600. The lowest BCUT2D eigenvalue weighted by Crippen LogP contribution is -2.37. The third-order valence-electron chi connectivity index (χ3n) is 5.93. The van der Waals surface area contributed by atoms with Crippen LogP contribution < -0.4 is 29.7 Å². The van der Waals surface area contributed by atoms with E-state index in [-0.39, 0.29) is 16.3 Å². The van der Waals surface area contributed by atoms with Gasteiger partial charge in [-0.15, -0.1) is 11.3 Å². The fourth-order valence-electron chi connectivity index (χ4n) is 4.17. The number of ketones is 1. The number of benzene rings is 2. The van der Waals surface area contributed by atoms with Crippen LogP contribution in [0.3, 0.4) is 0 Å². The van der Waals surface area contributed by atoms with E-state index in [9.17, 15) is 9.90 Å². The van der Waals surface area contributed by atoms with Crippen molar-refractivity contribution in [3.8, 4) is 45.6 Å². The van der Waals surface area contributed by atoms with Crippen molar-refractivity contribution in [3.05, 3.63) is 59.1 Å². The van der Waals surface area contributed by atoms with Gasteiger partial charge < -0.3 is 29.6 Å². The van der Waals surface area contributed by atoms with Crippen LogP contribution in [-0.2, 0) is 7.05 Å². The van der Waals surface area contributed by atoms with Crippen molar-refractivity contribution in [2.24, 2.45) is 7.05 Å². The number of methoxy groups -OCH3 is 3. The van der Waals surface area contributed by atoms with Crippen LogP contribution in [0.4, 0.5) is 5.69 Å². The minimum atomic E-state index is -0.841. The number of thiophene rings is 1. The van der Waals surface area contributed by atoms with Gasteiger partial charge in [0.2, 0.25) is 5.75 Å². The molecule has 0 saturated carbocycles. The molecule has 3 aromatic heterocycles. The Labute approximate surface area is 215 Å². The van der Waals surface area contributed by atoms with Gasteiger partial charge in [0.25, 0.3) is 5.78 Å². The minimum absolute atomic E-state index is 0.164. The van der Waals surface area contributed by atoms with Crippen molar-refractivity contribution in [1.82, 2.24) is 10.3 Å². The number of carbonyl (C=O) groups excluding carboxylic acids is 1. The summed E-state index contributed by atoms with van der Waals surface area (Å²) >= 11 is 1.10. The first-order chi connectivity index (χ1) is 17.9. The zero-order valence-electron chi connectivity index (χ0n) is 20.4. The maximum Gasteiger partial charge on any atom is 0.305 e. The molecule has 3 heterocycles. The lowest BCUT2D eigenvalue weighted by atomic mass is 9.98. The van der Waals surface area contributed by atoms with Gasteiger partial charge in [-0.25, -0.2) is 4.98 Å². The number of ether oxygens (including phenoxy) is 3. The smallest absolute Gasteiger partial charge is 0.305 e. The monoisotopic (exact) mass is 518 g/mol. The van der Waals surface area contributed by atoms with Gasteiger partial charge in [0.1, 0.15) is 9.71 Å². The highest BCUT2D eigenvalue weighted by atomic mass is 32.1. The standard InChI is InChI=1S/C26H22N4O6S/c1-30-21(26(32)36-29-30)22(31)24-20(27)19-15(14-10-17(33-2)23(35-4)18(11-14)34-3)12-16(28-25(19)37-24)13-8-6-5-7-9-13/h5-12H,1-4H3,(H2-,27,29,31,32). The highest BCUT2D eigenvalue weighted by Crippen LogP contribution is 2.46. The molecule has 0 spiro atoms. The molecule has 0 aliphatic heterocycles. The molecular weight excluding hydrogens is 496 g/mol. The number of nitrogens with zero attached hydrogens (tertiary/aromatic N) is 3. The Morgan fingerprint density at radius 2 is 1.70 bits per heavy atom. The number of aryl methyl sites for hydroxylation is 1. The molecule has 0 amide bonds. The van der Waals surface area contributed by atoms with Gasteiger partial charge in [0, 0.05) is 10.9 Å². The average molecular weight is 519 g/mol. The molecular formula is C26H22N4O6S. The van der Waals surface area contributed by atoms with Gasteiger partial charge in [0.15, 0.2) is 24.5 Å². The van der Waals surface area contributed by atoms with Crippen LogP contribution in [0.1, 0.15) is 15.4 Å². The molecule has 188 valence electrons. The fraction of sp³-hybridized carbons (Fsp3) is 0.154. The number of hydrogen-bond donors (Lipinski definition) is 1. The predicted molar refractivity (Wildman–Crippen MR) is 135 cm³/mol. The van der Waals surface area contributed by atoms with Crippen LogP contribution in [0.2, 0.25) is 0 Å². The van der Waals surface area contributed by atoms with E-state index in [0.29, 0.717) is 44.3 Å². The number of fused-ring (bicyclic) bond motifs is 1. The van der Waals surface area contributed by atoms with E-state index in [4.69, 9.17) is 24.9 Å². The first kappa shape index (κ1) is 24.1. The van der Waals surface area contributed by atoms with E-state index < -0.39 is 11.7 Å². The molecule has 2 N–H and O–H groups in total. The molecule has 0 unspecified atom stereocenters. The van der Waals surface area contributed by atoms with Crippen LogP contribution in [0.5, 0.6) is 23.2 Å². The van der Waals surface area contributed by atoms with Crippen molar-refractivity contribution in [2.45, 2.75) is 0 Å². The Balaban J connectivity index is 1.82. The van der Waals surface area contributed by atoms with Gasteiger partial charge in [-0.2, -0.15) is 0 Å². The first-order valence-corrected chi connectivity index (χ1v) is 11.9. The average Bonchev–Trinajstić information content (AvgIpc) is 3.45. The second kappa shape index (κ2) is 9.43. The quantitative estimate of drug-likeness (QED) is 0.254. The molecule has 5 aromatic rings. The Hall–Kier alpha value is -4.64. The number of nitrogen functional groups attached to an aromatic ring is 1. The summed E-state index contributed by atoms with van der Waals surface area (Å²) in [5, 5.41) is 16.2. The number of aromatic nitrogens is 3. The van der Waals surface area contributed by atoms with Crippen LogP contribution in [0.25, 0.3) is 32.6 Å². The third kappa shape index (κ3) is 3.99. The molecule has 5 rings (SSSR count). The second-order valence-corrected chi connectivity index (χ2v) is 9.02. The molecule has 11 heteroatoms. The summed E-state index contributed by atoms with van der Waals surface area (Å²) in [6.07, 6.45) is 0. The number of nitrogens with two attached hydrogens (primary N) is 1. The number of hydrogen-bond acceptors (Lipinski definition) is 10. The number of rotatable bonds is 7. The normalized spacial score (nSPS) is 11.0. The molecule has 37 heavy (non-hydrogen) atoms. The van der Waals surface area contributed by atoms with Gasteiger partial charge in [-0.3, -0.25) is 4.79 Å². The van der Waals surface area contributed by atoms with Crippen molar-refractivity contribution >= 4 is 33.0 Å². The maximum atomic E-state index is 13.4. The largest absolute Gasteiger partial charge is 0.539 e. The van der Waals surface area contributed by atoms with E-state index >= 15 is 0 Å². The maximum absolute atomic E-state index is 13.4. The SMILES string of the molecule is COc1cc(-c2cc(-c3ccccc3)nc3sc(C(=O)c4c([O-])on[n+]4C)c(N)c23)cc(OC)c1OC. The highest BCUT2D eigenvalue weighted by molar-refractivity contribution is 7.21. The summed E-state index contributed by atoms with van der Waals surface area (Å²) in [5.41, 5.74) is 9.51. The van der Waals surface area contributed by atoms with E-state index in [1.165, 1.54) is 28.4 Å². The molecule has 0 fully saturated rings. The second-order valence-electron chi connectivity index (χ2n) is 8.02. The zero-order valence-corrected chi connectivity index (χ0v) is 21.2. The molecule has 0 aliphatic carbocycles. The first-order valence-electron chi connectivity index (χ1n) is 11.0. The molecule has 0 radical (unpaired) electrons. The van der Waals surface area contributed by atoms with Crippen molar-refractivity contribution in [3.63, 3.8) is 0 Å². The van der Waals surface area contributed by atoms with Gasteiger partial charge in [-0.05, 0) is 29.3 Å². The van der Waals surface area contributed by atoms with Crippen LogP contribution >= 0.6 is 11.3 Å². The summed E-state index contributed by atoms with van der Waals surface area (Å²) in [6, 6.07) is 15.1. The summed E-state index contributed by atoms with van der Waals surface area (Å²) in [5.74, 6) is -0.0701. The topological polar surface area (TPSA) is 137 Å². The molecule has 10 nitrogen and oxygen atoms in total. The predicted octanol–water partition coefficient (Wildman–Crippen LogP) is 3.36. The summed E-state index contributed by atoms with van der Waals surface area (Å²) in [6.45, 7) is 0. The van der Waals surface area contributed by atoms with Crippen LogP contribution in [-0.4, -0.2) is 37.4 Å². The van der Waals surface area contributed by atoms with Crippen LogP contribution in [0, 0.1) is 0 Å². The Morgan fingerprint density at radius 3 is 2.27 bits per heavy atom. The van der Waals surface area contributed by atoms with Gasteiger partial charge >= 0.3 is 5.69 Å². The summed E-state index contributed by atoms with van der Waals surface area (Å²) < 4.78 is 22.3. The molecule has 0 bridgehead atoms. The summed E-state index contributed by atoms with van der Waals surface area (Å²) in [4.78, 5) is 18.9. The molecule has 0 aliphatic rings. The van der Waals surface area contributed by atoms with E-state index in [0.717, 1.165) is 21.6 Å². The fourth-order valence-corrected chi connectivity index (χ4v) is 5.23. The Morgan fingerprint density at radius 1 is 1.03 bits per heavy atom. The number of pyridine rings is 1. The minimum Gasteiger partial charge on any atom is -0.539 e. The van der Waals surface area contributed by atoms with Gasteiger partial charge in [0.05, 0.1) is 38.0 Å². The molecule has 0 saturated heterocycles. The van der Waals surface area contributed by atoms with Gasteiger partial charge in [-0.1, -0.05) is 35.0 Å². The summed E-state index contributed by atoms with van der Waals surface area (Å²) in [7, 11) is 6.05. The van der Waals surface area contributed by atoms with Crippen molar-refractivity contribution in [1.29, 1.82) is 0 Å². The lowest BCUT2D eigenvalue weighted by molar-refractivity contribution is -0.741. The molecule has 2 aromatic carbocycles. The zero-order chi connectivity index (χ0) is 26.3. The van der Waals surface area contributed by atoms with Crippen molar-refractivity contribution in [2.75, 3.05) is 27.1 Å². The number of carbonyl (C=O) groups is 1. The number of anilines is 1. The Kier molecular flexibility index (Phi) is 6.14. The van der Waals surface area contributed by atoms with Crippen LogP contribution in [0.15, 0.2) is 53.1 Å².